The summed E-state index contributed by atoms with van der Waals surface area (Å²) in [5.74, 6) is 0.628. The van der Waals surface area contributed by atoms with Crippen molar-refractivity contribution in [2.24, 2.45) is 11.7 Å². The van der Waals surface area contributed by atoms with Gasteiger partial charge in [0.25, 0.3) is 0 Å². The predicted molar refractivity (Wildman–Crippen MR) is 54.7 cm³/mol. The number of hydrogen-bond donors (Lipinski definition) is 1. The molecule has 0 aromatic rings. The summed E-state index contributed by atoms with van der Waals surface area (Å²) in [4.78, 5) is 2.40. The fourth-order valence-corrected chi connectivity index (χ4v) is 1.56. The summed E-state index contributed by atoms with van der Waals surface area (Å²) in [5, 5.41) is 0. The van der Waals surface area contributed by atoms with Gasteiger partial charge in [-0.15, -0.1) is 0 Å². The van der Waals surface area contributed by atoms with Crippen molar-refractivity contribution in [1.82, 2.24) is 4.90 Å². The molecule has 2 N–H and O–H groups in total. The smallest absolute Gasteiger partial charge is 0.0594 e. The lowest BCUT2D eigenvalue weighted by molar-refractivity contribution is 0.0328. The molecule has 0 amide bonds. The fraction of sp³-hybridized carbons (Fsp3) is 1.00. The minimum atomic E-state index is 0.322. The first-order chi connectivity index (χ1) is 6.24. The van der Waals surface area contributed by atoms with E-state index in [0.717, 1.165) is 32.8 Å². The number of nitrogens with two attached hydrogens (primary N) is 1. The van der Waals surface area contributed by atoms with Crippen LogP contribution in [0.15, 0.2) is 0 Å². The number of hydrogen-bond acceptors (Lipinski definition) is 3. The van der Waals surface area contributed by atoms with Gasteiger partial charge in [0.2, 0.25) is 0 Å². The molecule has 0 bridgehead atoms. The average Bonchev–Trinajstić information content (AvgIpc) is 2.18. The van der Waals surface area contributed by atoms with Crippen molar-refractivity contribution in [1.29, 1.82) is 0 Å². The Labute approximate surface area is 81.2 Å². The summed E-state index contributed by atoms with van der Waals surface area (Å²) in [5.41, 5.74) is 6.08. The van der Waals surface area contributed by atoms with E-state index in [0.29, 0.717) is 12.0 Å². The second-order valence-corrected chi connectivity index (χ2v) is 3.96. The Morgan fingerprint density at radius 1 is 1.38 bits per heavy atom. The van der Waals surface area contributed by atoms with Gasteiger partial charge in [0.1, 0.15) is 0 Å². The lowest BCUT2D eigenvalue weighted by Crippen LogP contribution is -2.45. The third-order valence-electron chi connectivity index (χ3n) is 2.95. The van der Waals surface area contributed by atoms with Crippen LogP contribution in [-0.4, -0.2) is 43.8 Å². The Hall–Kier alpha value is -0.120. The van der Waals surface area contributed by atoms with Crippen LogP contribution in [0.25, 0.3) is 0 Å². The van der Waals surface area contributed by atoms with E-state index < -0.39 is 0 Å². The third kappa shape index (κ3) is 3.63. The molecule has 2 atom stereocenters. The van der Waals surface area contributed by atoms with Gasteiger partial charge in [0.05, 0.1) is 13.2 Å². The zero-order valence-electron chi connectivity index (χ0n) is 8.83. The molecule has 1 unspecified atom stereocenters. The highest BCUT2D eigenvalue weighted by Gasteiger charge is 2.17. The van der Waals surface area contributed by atoms with Crippen LogP contribution in [-0.2, 0) is 4.74 Å². The van der Waals surface area contributed by atoms with Gasteiger partial charge in [-0.25, -0.2) is 0 Å². The number of morpholine rings is 1. The van der Waals surface area contributed by atoms with E-state index in [4.69, 9.17) is 10.5 Å². The SMILES string of the molecule is CCC(C)[C@H](N)CN1CCOCC1. The van der Waals surface area contributed by atoms with Gasteiger partial charge in [-0.2, -0.15) is 0 Å². The highest BCUT2D eigenvalue weighted by atomic mass is 16.5. The second-order valence-electron chi connectivity index (χ2n) is 3.96. The molecule has 3 heteroatoms. The lowest BCUT2D eigenvalue weighted by atomic mass is 9.99. The van der Waals surface area contributed by atoms with Crippen molar-refractivity contribution < 1.29 is 4.74 Å². The number of nitrogens with zero attached hydrogens (tertiary/aromatic N) is 1. The Morgan fingerprint density at radius 2 is 2.00 bits per heavy atom. The summed E-state index contributed by atoms with van der Waals surface area (Å²) < 4.78 is 5.29. The Kier molecular flexibility index (Phi) is 4.70. The molecule has 1 fully saturated rings. The van der Waals surface area contributed by atoms with Gasteiger partial charge < -0.3 is 10.5 Å². The monoisotopic (exact) mass is 186 g/mol. The molecule has 0 aromatic carbocycles. The summed E-state index contributed by atoms with van der Waals surface area (Å²) >= 11 is 0. The molecular weight excluding hydrogens is 164 g/mol. The number of rotatable bonds is 4. The molecule has 1 aliphatic rings. The zero-order valence-corrected chi connectivity index (χ0v) is 8.83. The van der Waals surface area contributed by atoms with Crippen LogP contribution in [0.4, 0.5) is 0 Å². The summed E-state index contributed by atoms with van der Waals surface area (Å²) in [6.45, 7) is 9.28. The molecule has 0 aliphatic carbocycles. The van der Waals surface area contributed by atoms with E-state index in [-0.39, 0.29) is 0 Å². The average molecular weight is 186 g/mol. The minimum Gasteiger partial charge on any atom is -0.379 e. The van der Waals surface area contributed by atoms with E-state index in [1.807, 2.05) is 0 Å². The highest BCUT2D eigenvalue weighted by Crippen LogP contribution is 2.07. The number of ether oxygens (including phenoxy) is 1. The fourth-order valence-electron chi connectivity index (χ4n) is 1.56. The molecule has 1 saturated heterocycles. The van der Waals surface area contributed by atoms with Gasteiger partial charge in [-0.1, -0.05) is 20.3 Å². The van der Waals surface area contributed by atoms with Crippen molar-refractivity contribution in [2.45, 2.75) is 26.3 Å². The van der Waals surface area contributed by atoms with E-state index in [1.54, 1.807) is 0 Å². The first-order valence-electron chi connectivity index (χ1n) is 5.29. The molecular formula is C10H22N2O. The zero-order chi connectivity index (χ0) is 9.68. The molecule has 0 spiro atoms. The summed E-state index contributed by atoms with van der Waals surface area (Å²) in [6, 6.07) is 0.322. The van der Waals surface area contributed by atoms with Gasteiger partial charge in [0.15, 0.2) is 0 Å². The predicted octanol–water partition coefficient (Wildman–Crippen LogP) is 0.692. The Bertz CT molecular complexity index is 135. The maximum Gasteiger partial charge on any atom is 0.0594 e. The van der Waals surface area contributed by atoms with E-state index in [1.165, 1.54) is 6.42 Å². The van der Waals surface area contributed by atoms with Gasteiger partial charge in [-0.05, 0) is 5.92 Å². The van der Waals surface area contributed by atoms with Crippen molar-refractivity contribution in [3.05, 3.63) is 0 Å². The molecule has 1 rings (SSSR count). The topological polar surface area (TPSA) is 38.5 Å². The summed E-state index contributed by atoms with van der Waals surface area (Å²) in [6.07, 6.45) is 1.17. The molecule has 13 heavy (non-hydrogen) atoms. The van der Waals surface area contributed by atoms with Crippen LogP contribution >= 0.6 is 0 Å². The van der Waals surface area contributed by atoms with Crippen LogP contribution in [0, 0.1) is 5.92 Å². The van der Waals surface area contributed by atoms with Crippen LogP contribution in [0.1, 0.15) is 20.3 Å². The molecule has 1 aliphatic heterocycles. The molecule has 0 aromatic heterocycles. The van der Waals surface area contributed by atoms with Crippen LogP contribution in [0.5, 0.6) is 0 Å². The molecule has 0 radical (unpaired) electrons. The van der Waals surface area contributed by atoms with Crippen molar-refractivity contribution in [2.75, 3.05) is 32.8 Å². The first kappa shape index (κ1) is 11.0. The van der Waals surface area contributed by atoms with Crippen molar-refractivity contribution in [3.8, 4) is 0 Å². The highest BCUT2D eigenvalue weighted by molar-refractivity contribution is 4.74. The van der Waals surface area contributed by atoms with E-state index in [9.17, 15) is 0 Å². The van der Waals surface area contributed by atoms with Crippen LogP contribution in [0.3, 0.4) is 0 Å². The standard InChI is InChI=1S/C10H22N2O/c1-3-9(2)10(11)8-12-4-6-13-7-5-12/h9-10H,3-8,11H2,1-2H3/t9?,10-/m1/s1. The molecule has 0 saturated carbocycles. The van der Waals surface area contributed by atoms with Crippen molar-refractivity contribution in [3.63, 3.8) is 0 Å². The van der Waals surface area contributed by atoms with Crippen LogP contribution < -0.4 is 5.73 Å². The molecule has 3 nitrogen and oxygen atoms in total. The maximum atomic E-state index is 6.08. The van der Waals surface area contributed by atoms with Gasteiger partial charge in [-0.3, -0.25) is 4.90 Å². The third-order valence-corrected chi connectivity index (χ3v) is 2.95. The first-order valence-corrected chi connectivity index (χ1v) is 5.29. The molecule has 78 valence electrons. The minimum absolute atomic E-state index is 0.322. The lowest BCUT2D eigenvalue weighted by Gasteiger charge is -2.30. The largest absolute Gasteiger partial charge is 0.379 e. The van der Waals surface area contributed by atoms with E-state index in [2.05, 4.69) is 18.7 Å². The van der Waals surface area contributed by atoms with Gasteiger partial charge in [0, 0.05) is 25.7 Å². The molecule has 1 heterocycles. The Balaban J connectivity index is 2.21. The van der Waals surface area contributed by atoms with Crippen molar-refractivity contribution >= 4 is 0 Å². The normalized spacial score (nSPS) is 24.2. The second kappa shape index (κ2) is 5.58. The van der Waals surface area contributed by atoms with Crippen LogP contribution in [0.2, 0.25) is 0 Å². The van der Waals surface area contributed by atoms with Gasteiger partial charge >= 0.3 is 0 Å². The quantitative estimate of drug-likeness (QED) is 0.702. The Morgan fingerprint density at radius 3 is 2.54 bits per heavy atom. The summed E-state index contributed by atoms with van der Waals surface area (Å²) in [7, 11) is 0. The maximum absolute atomic E-state index is 6.08. The van der Waals surface area contributed by atoms with E-state index >= 15 is 0 Å².